The molecule has 0 heterocycles. The van der Waals surface area contributed by atoms with Crippen molar-refractivity contribution < 1.29 is 0 Å². The molecule has 0 aliphatic heterocycles. The van der Waals surface area contributed by atoms with E-state index in [0.717, 1.165) is 5.92 Å². The molecular formula is C11H18. The number of hydrogen-bond acceptors (Lipinski definition) is 0. The highest BCUT2D eigenvalue weighted by Gasteiger charge is 2.32. The van der Waals surface area contributed by atoms with Crippen molar-refractivity contribution >= 4 is 0 Å². The zero-order chi connectivity index (χ0) is 8.48. The summed E-state index contributed by atoms with van der Waals surface area (Å²) >= 11 is 0. The van der Waals surface area contributed by atoms with Crippen molar-refractivity contribution in [1.82, 2.24) is 0 Å². The summed E-state index contributed by atoms with van der Waals surface area (Å²) < 4.78 is 0. The zero-order valence-corrected chi connectivity index (χ0v) is 7.85. The van der Waals surface area contributed by atoms with Crippen LogP contribution in [-0.2, 0) is 0 Å². The maximum absolute atomic E-state index is 3.75. The second-order valence-electron chi connectivity index (χ2n) is 4.38. The fourth-order valence-electron chi connectivity index (χ4n) is 1.52. The quantitative estimate of drug-likeness (QED) is 0.528. The van der Waals surface area contributed by atoms with Gasteiger partial charge in [-0.2, -0.15) is 0 Å². The van der Waals surface area contributed by atoms with E-state index in [9.17, 15) is 0 Å². The zero-order valence-electron chi connectivity index (χ0n) is 7.85. The standard InChI is InChI=1S/C11H18/c1-5-6-10(9-7-8-9)11(2,3)4/h5-6,9H,1,7-8H2,2-4H3/b10-6+. The van der Waals surface area contributed by atoms with Gasteiger partial charge in [-0.15, -0.1) is 0 Å². The van der Waals surface area contributed by atoms with Gasteiger partial charge in [0.1, 0.15) is 0 Å². The maximum atomic E-state index is 3.75. The molecule has 1 aliphatic carbocycles. The molecule has 11 heavy (non-hydrogen) atoms. The Bertz CT molecular complexity index is 175. The van der Waals surface area contributed by atoms with Gasteiger partial charge in [0.15, 0.2) is 0 Å². The van der Waals surface area contributed by atoms with Gasteiger partial charge in [0, 0.05) is 0 Å². The largest absolute Gasteiger partial charge is 0.0991 e. The summed E-state index contributed by atoms with van der Waals surface area (Å²) in [6, 6.07) is 0. The van der Waals surface area contributed by atoms with E-state index in [1.807, 2.05) is 6.08 Å². The highest BCUT2D eigenvalue weighted by Crippen LogP contribution is 2.44. The van der Waals surface area contributed by atoms with Crippen LogP contribution in [0.2, 0.25) is 0 Å². The van der Waals surface area contributed by atoms with Crippen molar-refractivity contribution in [2.24, 2.45) is 11.3 Å². The summed E-state index contributed by atoms with van der Waals surface area (Å²) in [6.45, 7) is 10.6. The normalized spacial score (nSPS) is 20.1. The monoisotopic (exact) mass is 150 g/mol. The van der Waals surface area contributed by atoms with E-state index in [1.165, 1.54) is 12.8 Å². The molecule has 0 radical (unpaired) electrons. The Hall–Kier alpha value is -0.520. The van der Waals surface area contributed by atoms with E-state index >= 15 is 0 Å². The SMILES string of the molecule is C=C/C=C(\C1CC1)C(C)(C)C. The Morgan fingerprint density at radius 2 is 1.91 bits per heavy atom. The third-order valence-electron chi connectivity index (χ3n) is 2.18. The van der Waals surface area contributed by atoms with Gasteiger partial charge in [-0.05, 0) is 24.2 Å². The van der Waals surface area contributed by atoms with E-state index in [-0.39, 0.29) is 0 Å². The predicted octanol–water partition coefficient (Wildman–Crippen LogP) is 3.55. The summed E-state index contributed by atoms with van der Waals surface area (Å²) in [7, 11) is 0. The summed E-state index contributed by atoms with van der Waals surface area (Å²) in [6.07, 6.45) is 6.88. The maximum Gasteiger partial charge on any atom is -0.0167 e. The minimum Gasteiger partial charge on any atom is -0.0991 e. The van der Waals surface area contributed by atoms with Crippen molar-refractivity contribution in [3.05, 3.63) is 24.3 Å². The first-order chi connectivity index (χ1) is 5.05. The number of rotatable bonds is 2. The molecule has 62 valence electrons. The lowest BCUT2D eigenvalue weighted by molar-refractivity contribution is 0.476. The lowest BCUT2D eigenvalue weighted by Crippen LogP contribution is -2.10. The van der Waals surface area contributed by atoms with Crippen molar-refractivity contribution in [1.29, 1.82) is 0 Å². The van der Waals surface area contributed by atoms with Gasteiger partial charge in [0.05, 0.1) is 0 Å². The number of allylic oxidation sites excluding steroid dienone is 3. The highest BCUT2D eigenvalue weighted by molar-refractivity contribution is 5.23. The second kappa shape index (κ2) is 2.84. The van der Waals surface area contributed by atoms with E-state index in [1.54, 1.807) is 5.57 Å². The molecule has 1 saturated carbocycles. The molecule has 0 unspecified atom stereocenters. The van der Waals surface area contributed by atoms with Gasteiger partial charge in [0.25, 0.3) is 0 Å². The molecule has 0 aromatic rings. The third-order valence-corrected chi connectivity index (χ3v) is 2.18. The van der Waals surface area contributed by atoms with Gasteiger partial charge in [-0.1, -0.05) is 45.1 Å². The average Bonchev–Trinajstić information content (AvgIpc) is 2.61. The molecule has 0 aromatic carbocycles. The Morgan fingerprint density at radius 3 is 2.18 bits per heavy atom. The van der Waals surface area contributed by atoms with Crippen LogP contribution in [0.25, 0.3) is 0 Å². The van der Waals surface area contributed by atoms with E-state index < -0.39 is 0 Å². The first kappa shape index (κ1) is 8.58. The van der Waals surface area contributed by atoms with Crippen LogP contribution in [0, 0.1) is 11.3 Å². The molecule has 1 aliphatic rings. The summed E-state index contributed by atoms with van der Waals surface area (Å²) in [5, 5.41) is 0. The Balaban J connectivity index is 2.74. The number of hydrogen-bond donors (Lipinski definition) is 0. The molecule has 1 fully saturated rings. The Labute approximate surface area is 70.0 Å². The van der Waals surface area contributed by atoms with Crippen LogP contribution >= 0.6 is 0 Å². The minimum atomic E-state index is 0.343. The van der Waals surface area contributed by atoms with Crippen LogP contribution in [0.5, 0.6) is 0 Å². The minimum absolute atomic E-state index is 0.343. The van der Waals surface area contributed by atoms with Crippen LogP contribution < -0.4 is 0 Å². The van der Waals surface area contributed by atoms with Crippen molar-refractivity contribution in [2.45, 2.75) is 33.6 Å². The summed E-state index contributed by atoms with van der Waals surface area (Å²) in [5.41, 5.74) is 1.92. The van der Waals surface area contributed by atoms with E-state index in [0.29, 0.717) is 5.41 Å². The van der Waals surface area contributed by atoms with E-state index in [2.05, 4.69) is 33.4 Å². The lowest BCUT2D eigenvalue weighted by atomic mass is 9.83. The molecular weight excluding hydrogens is 132 g/mol. The smallest absolute Gasteiger partial charge is 0.0167 e. The lowest BCUT2D eigenvalue weighted by Gasteiger charge is -2.22. The molecule has 0 atom stereocenters. The molecule has 0 nitrogen and oxygen atoms in total. The fourth-order valence-corrected chi connectivity index (χ4v) is 1.52. The molecule has 0 aromatic heterocycles. The van der Waals surface area contributed by atoms with Gasteiger partial charge in [-0.3, -0.25) is 0 Å². The summed E-state index contributed by atoms with van der Waals surface area (Å²) in [5.74, 6) is 0.869. The molecule has 0 saturated heterocycles. The molecule has 0 amide bonds. The highest BCUT2D eigenvalue weighted by atomic mass is 14.4. The first-order valence-corrected chi connectivity index (χ1v) is 4.39. The summed E-state index contributed by atoms with van der Waals surface area (Å²) in [4.78, 5) is 0. The molecule has 0 spiro atoms. The van der Waals surface area contributed by atoms with Crippen LogP contribution in [-0.4, -0.2) is 0 Å². The van der Waals surface area contributed by atoms with E-state index in [4.69, 9.17) is 0 Å². The van der Waals surface area contributed by atoms with Crippen LogP contribution in [0.3, 0.4) is 0 Å². The Morgan fingerprint density at radius 1 is 1.36 bits per heavy atom. The third kappa shape index (κ3) is 2.21. The molecule has 1 rings (SSSR count). The first-order valence-electron chi connectivity index (χ1n) is 4.39. The fraction of sp³-hybridized carbons (Fsp3) is 0.636. The van der Waals surface area contributed by atoms with Crippen LogP contribution in [0.1, 0.15) is 33.6 Å². The van der Waals surface area contributed by atoms with Crippen molar-refractivity contribution in [2.75, 3.05) is 0 Å². The van der Waals surface area contributed by atoms with Crippen LogP contribution in [0.15, 0.2) is 24.3 Å². The average molecular weight is 150 g/mol. The predicted molar refractivity (Wildman–Crippen MR) is 50.5 cm³/mol. The van der Waals surface area contributed by atoms with Gasteiger partial charge in [0.2, 0.25) is 0 Å². The second-order valence-corrected chi connectivity index (χ2v) is 4.38. The molecule has 0 N–H and O–H groups in total. The Kier molecular flexibility index (Phi) is 2.22. The topological polar surface area (TPSA) is 0 Å². The molecule has 0 bridgehead atoms. The van der Waals surface area contributed by atoms with Crippen molar-refractivity contribution in [3.63, 3.8) is 0 Å². The van der Waals surface area contributed by atoms with Crippen molar-refractivity contribution in [3.8, 4) is 0 Å². The van der Waals surface area contributed by atoms with Gasteiger partial charge >= 0.3 is 0 Å². The molecule has 0 heteroatoms. The van der Waals surface area contributed by atoms with Gasteiger partial charge in [-0.25, -0.2) is 0 Å². The van der Waals surface area contributed by atoms with Crippen LogP contribution in [0.4, 0.5) is 0 Å². The van der Waals surface area contributed by atoms with Gasteiger partial charge < -0.3 is 0 Å².